The van der Waals surface area contributed by atoms with E-state index < -0.39 is 18.0 Å². The number of anilines is 1. The number of ketones is 1. The number of aryl methyl sites for hydroxylation is 2. The van der Waals surface area contributed by atoms with Gasteiger partial charge in [0.25, 0.3) is 5.91 Å². The maximum atomic E-state index is 12.2. The molecule has 1 amide bonds. The number of rotatable bonds is 7. The molecule has 2 aromatic rings. The molecular formula is C21H23NO5. The lowest BCUT2D eigenvalue weighted by molar-refractivity contribution is -0.155. The smallest absolute Gasteiger partial charge is 0.344 e. The molecule has 6 heteroatoms. The van der Waals surface area contributed by atoms with Gasteiger partial charge in [-0.3, -0.25) is 9.59 Å². The van der Waals surface area contributed by atoms with Crippen LogP contribution in [0.25, 0.3) is 0 Å². The summed E-state index contributed by atoms with van der Waals surface area (Å²) in [5, 5.41) is 2.64. The number of ether oxygens (including phenoxy) is 2. The number of Topliss-reactive ketones (excluding diaryl/α,β-unsaturated/α-hetero) is 1. The van der Waals surface area contributed by atoms with Gasteiger partial charge in [-0.15, -0.1) is 0 Å². The summed E-state index contributed by atoms with van der Waals surface area (Å²) < 4.78 is 10.6. The molecule has 2 rings (SSSR count). The molecule has 0 spiro atoms. The molecule has 1 N–H and O–H groups in total. The molecule has 27 heavy (non-hydrogen) atoms. The summed E-state index contributed by atoms with van der Waals surface area (Å²) in [5.41, 5.74) is 2.90. The first kappa shape index (κ1) is 20.2. The van der Waals surface area contributed by atoms with E-state index in [0.717, 1.165) is 11.1 Å². The third-order valence-corrected chi connectivity index (χ3v) is 3.98. The zero-order chi connectivity index (χ0) is 20.0. The highest BCUT2D eigenvalue weighted by Gasteiger charge is 2.19. The van der Waals surface area contributed by atoms with Crippen LogP contribution in [0.5, 0.6) is 5.75 Å². The minimum Gasteiger partial charge on any atom is -0.481 e. The Balaban J connectivity index is 1.86. The summed E-state index contributed by atoms with van der Waals surface area (Å²) in [4.78, 5) is 35.4. The first-order valence-corrected chi connectivity index (χ1v) is 8.58. The fraction of sp³-hybridized carbons (Fsp3) is 0.286. The third-order valence-electron chi connectivity index (χ3n) is 3.98. The highest BCUT2D eigenvalue weighted by atomic mass is 16.6. The lowest BCUT2D eigenvalue weighted by Crippen LogP contribution is -2.31. The van der Waals surface area contributed by atoms with Gasteiger partial charge in [0, 0.05) is 11.3 Å². The van der Waals surface area contributed by atoms with E-state index in [1.807, 2.05) is 32.0 Å². The second kappa shape index (κ2) is 8.98. The Morgan fingerprint density at radius 2 is 1.59 bits per heavy atom. The molecule has 0 aliphatic heterocycles. The maximum Gasteiger partial charge on any atom is 0.344 e. The Hall–Kier alpha value is -3.15. The van der Waals surface area contributed by atoms with Gasteiger partial charge in [-0.25, -0.2) is 4.79 Å². The molecule has 142 valence electrons. The van der Waals surface area contributed by atoms with E-state index in [9.17, 15) is 14.4 Å². The molecule has 6 nitrogen and oxygen atoms in total. The highest BCUT2D eigenvalue weighted by Crippen LogP contribution is 2.22. The van der Waals surface area contributed by atoms with E-state index in [4.69, 9.17) is 9.47 Å². The second-order valence-electron chi connectivity index (χ2n) is 6.26. The molecule has 0 radical (unpaired) electrons. The Bertz CT molecular complexity index is 822. The van der Waals surface area contributed by atoms with Crippen LogP contribution in [0, 0.1) is 13.8 Å². The Morgan fingerprint density at radius 1 is 1.00 bits per heavy atom. The van der Waals surface area contributed by atoms with Gasteiger partial charge in [-0.05, 0) is 63.1 Å². The predicted molar refractivity (Wildman–Crippen MR) is 102 cm³/mol. The summed E-state index contributed by atoms with van der Waals surface area (Å²) >= 11 is 0. The average molecular weight is 369 g/mol. The van der Waals surface area contributed by atoms with Crippen molar-refractivity contribution in [1.29, 1.82) is 0 Å². The third kappa shape index (κ3) is 5.67. The van der Waals surface area contributed by atoms with Crippen molar-refractivity contribution < 1.29 is 23.9 Å². The Labute approximate surface area is 158 Å². The van der Waals surface area contributed by atoms with Gasteiger partial charge < -0.3 is 14.8 Å². The number of hydrogen-bond donors (Lipinski definition) is 1. The molecule has 1 atom stereocenters. The molecule has 0 fully saturated rings. The minimum absolute atomic E-state index is 0.0564. The van der Waals surface area contributed by atoms with Crippen LogP contribution in [0.2, 0.25) is 0 Å². The first-order valence-electron chi connectivity index (χ1n) is 8.58. The van der Waals surface area contributed by atoms with Crippen LogP contribution in [0.4, 0.5) is 5.69 Å². The molecule has 0 heterocycles. The fourth-order valence-electron chi connectivity index (χ4n) is 2.47. The standard InChI is InChI=1S/C21H23NO5/c1-13-6-5-7-14(2)20(13)26-12-19(24)27-16(4)21(25)22-18-10-8-17(9-11-18)15(3)23/h5-11,16H,12H2,1-4H3,(H,22,25)/t16-/m1/s1. The van der Waals surface area contributed by atoms with Gasteiger partial charge in [-0.2, -0.15) is 0 Å². The van der Waals surface area contributed by atoms with Gasteiger partial charge in [0.05, 0.1) is 0 Å². The van der Waals surface area contributed by atoms with Gasteiger partial charge in [0.2, 0.25) is 0 Å². The van der Waals surface area contributed by atoms with Crippen molar-refractivity contribution in [1.82, 2.24) is 0 Å². The van der Waals surface area contributed by atoms with Crippen LogP contribution < -0.4 is 10.1 Å². The zero-order valence-corrected chi connectivity index (χ0v) is 15.9. The van der Waals surface area contributed by atoms with E-state index >= 15 is 0 Å². The largest absolute Gasteiger partial charge is 0.481 e. The number of nitrogens with one attached hydrogen (secondary N) is 1. The zero-order valence-electron chi connectivity index (χ0n) is 15.9. The normalized spacial score (nSPS) is 11.4. The number of esters is 1. The van der Waals surface area contributed by atoms with Gasteiger partial charge in [-0.1, -0.05) is 18.2 Å². The molecule has 0 aliphatic rings. The number of hydrogen-bond acceptors (Lipinski definition) is 5. The van der Waals surface area contributed by atoms with Gasteiger partial charge >= 0.3 is 5.97 Å². The molecule has 0 unspecified atom stereocenters. The molecule has 0 aliphatic carbocycles. The predicted octanol–water partition coefficient (Wildman–Crippen LogP) is 3.46. The molecule has 2 aromatic carbocycles. The van der Waals surface area contributed by atoms with E-state index in [0.29, 0.717) is 17.0 Å². The Morgan fingerprint density at radius 3 is 2.15 bits per heavy atom. The lowest BCUT2D eigenvalue weighted by atomic mass is 10.1. The van der Waals surface area contributed by atoms with E-state index in [2.05, 4.69) is 5.32 Å². The topological polar surface area (TPSA) is 81.7 Å². The Kier molecular flexibility index (Phi) is 6.71. The summed E-state index contributed by atoms with van der Waals surface area (Å²) in [6.07, 6.45) is -0.980. The fourth-order valence-corrected chi connectivity index (χ4v) is 2.47. The van der Waals surface area contributed by atoms with E-state index in [1.54, 1.807) is 24.3 Å². The number of carbonyl (C=O) groups is 3. The number of amides is 1. The number of benzene rings is 2. The first-order chi connectivity index (χ1) is 12.8. The molecule has 0 bridgehead atoms. The van der Waals surface area contributed by atoms with Crippen LogP contribution in [0.1, 0.15) is 35.3 Å². The van der Waals surface area contributed by atoms with Crippen molar-refractivity contribution in [3.8, 4) is 5.75 Å². The number of carbonyl (C=O) groups excluding carboxylic acids is 3. The SMILES string of the molecule is CC(=O)c1ccc(NC(=O)[C@@H](C)OC(=O)COc2c(C)cccc2C)cc1. The van der Waals surface area contributed by atoms with Gasteiger partial charge in [0.1, 0.15) is 5.75 Å². The maximum absolute atomic E-state index is 12.2. The monoisotopic (exact) mass is 369 g/mol. The summed E-state index contributed by atoms with van der Waals surface area (Å²) in [7, 11) is 0. The molecular weight excluding hydrogens is 346 g/mol. The van der Waals surface area contributed by atoms with Crippen LogP contribution in [-0.4, -0.2) is 30.4 Å². The van der Waals surface area contributed by atoms with Crippen LogP contribution >= 0.6 is 0 Å². The average Bonchev–Trinajstić information content (AvgIpc) is 2.61. The van der Waals surface area contributed by atoms with E-state index in [1.165, 1.54) is 13.8 Å². The minimum atomic E-state index is -0.980. The summed E-state index contributed by atoms with van der Waals surface area (Å²) in [6.45, 7) is 6.45. The van der Waals surface area contributed by atoms with Crippen molar-refractivity contribution in [3.63, 3.8) is 0 Å². The van der Waals surface area contributed by atoms with Crippen LogP contribution in [0.3, 0.4) is 0 Å². The van der Waals surface area contributed by atoms with Crippen molar-refractivity contribution >= 4 is 23.3 Å². The highest BCUT2D eigenvalue weighted by molar-refractivity contribution is 5.97. The quantitative estimate of drug-likeness (QED) is 0.597. The summed E-state index contributed by atoms with van der Waals surface area (Å²) in [6, 6.07) is 12.2. The lowest BCUT2D eigenvalue weighted by Gasteiger charge is -2.15. The van der Waals surface area contributed by atoms with Crippen molar-refractivity contribution in [2.45, 2.75) is 33.8 Å². The van der Waals surface area contributed by atoms with Crippen LogP contribution in [-0.2, 0) is 14.3 Å². The van der Waals surface area contributed by atoms with Crippen molar-refractivity contribution in [3.05, 3.63) is 59.2 Å². The molecule has 0 saturated carbocycles. The van der Waals surface area contributed by atoms with E-state index in [-0.39, 0.29) is 12.4 Å². The van der Waals surface area contributed by atoms with Gasteiger partial charge in [0.15, 0.2) is 18.5 Å². The van der Waals surface area contributed by atoms with Crippen LogP contribution in [0.15, 0.2) is 42.5 Å². The second-order valence-corrected chi connectivity index (χ2v) is 6.26. The molecule has 0 aromatic heterocycles. The number of para-hydroxylation sites is 1. The van der Waals surface area contributed by atoms with Crippen molar-refractivity contribution in [2.75, 3.05) is 11.9 Å². The summed E-state index contributed by atoms with van der Waals surface area (Å²) in [5.74, 6) is -0.519. The molecule has 0 saturated heterocycles. The van der Waals surface area contributed by atoms with Crippen molar-refractivity contribution in [2.24, 2.45) is 0 Å².